The van der Waals surface area contributed by atoms with Crippen LogP contribution in [0, 0.1) is 0 Å². The fraction of sp³-hybridized carbons (Fsp3) is 0.0500. The molecule has 2 N–H and O–H groups in total. The predicted octanol–water partition coefficient (Wildman–Crippen LogP) is 4.86. The summed E-state index contributed by atoms with van der Waals surface area (Å²) in [5.74, 6) is -0.128. The molecule has 0 heterocycles. The number of phenolic OH excluding ortho intramolecular Hbond substituents is 2. The number of aromatic hydroxyl groups is 2. The summed E-state index contributed by atoms with van der Waals surface area (Å²) < 4.78 is 5.96. The van der Waals surface area contributed by atoms with Crippen LogP contribution in [-0.4, -0.2) is 16.2 Å². The Hall–Kier alpha value is -2.92. The second-order valence-corrected chi connectivity index (χ2v) is 8.13. The lowest BCUT2D eigenvalue weighted by Gasteiger charge is -2.39. The summed E-state index contributed by atoms with van der Waals surface area (Å²) in [7, 11) is -2.34. The Morgan fingerprint density at radius 1 is 0.720 bits per heavy atom. The standard InChI is InChI=1S/C20H18O4S/c1-15(21)24-25(18-5-3-2-4-6-18,19-11-7-16(22)8-12-19)20-13-9-17(23)10-14-20/h2-14,22-23H,1H3. The molecule has 0 saturated heterocycles. The Morgan fingerprint density at radius 3 is 1.52 bits per heavy atom. The molecule has 3 aromatic rings. The molecule has 5 heteroatoms. The number of hydrogen-bond acceptors (Lipinski definition) is 4. The van der Waals surface area contributed by atoms with Gasteiger partial charge in [0.15, 0.2) is 0 Å². The lowest BCUT2D eigenvalue weighted by molar-refractivity contribution is -0.131. The summed E-state index contributed by atoms with van der Waals surface area (Å²) in [4.78, 5) is 14.4. The van der Waals surface area contributed by atoms with Crippen LogP contribution in [0.1, 0.15) is 6.92 Å². The fourth-order valence-electron chi connectivity index (χ4n) is 2.62. The minimum atomic E-state index is -2.34. The van der Waals surface area contributed by atoms with Crippen LogP contribution < -0.4 is 0 Å². The van der Waals surface area contributed by atoms with Crippen LogP contribution >= 0.6 is 10.3 Å². The molecule has 0 spiro atoms. The molecule has 3 aromatic carbocycles. The maximum atomic E-state index is 12.0. The van der Waals surface area contributed by atoms with Gasteiger partial charge in [-0.05, 0) is 71.0 Å². The van der Waals surface area contributed by atoms with Gasteiger partial charge in [-0.1, -0.05) is 18.2 Å². The molecule has 128 valence electrons. The van der Waals surface area contributed by atoms with Gasteiger partial charge in [0.2, 0.25) is 0 Å². The van der Waals surface area contributed by atoms with Gasteiger partial charge in [0.05, 0.1) is 0 Å². The molecule has 0 aliphatic heterocycles. The first-order chi connectivity index (χ1) is 12.0. The summed E-state index contributed by atoms with van der Waals surface area (Å²) in [5, 5.41) is 19.3. The number of hydrogen-bond donors (Lipinski definition) is 2. The van der Waals surface area contributed by atoms with Crippen molar-refractivity contribution < 1.29 is 19.2 Å². The van der Waals surface area contributed by atoms with Crippen LogP contribution in [-0.2, 0) is 8.98 Å². The second-order valence-electron chi connectivity index (χ2n) is 5.43. The highest BCUT2D eigenvalue weighted by atomic mass is 32.3. The van der Waals surface area contributed by atoms with E-state index in [0.717, 1.165) is 14.7 Å². The topological polar surface area (TPSA) is 66.8 Å². The van der Waals surface area contributed by atoms with Gasteiger partial charge in [0, 0.05) is 21.6 Å². The van der Waals surface area contributed by atoms with E-state index in [9.17, 15) is 15.0 Å². The van der Waals surface area contributed by atoms with Crippen molar-refractivity contribution in [3.63, 3.8) is 0 Å². The van der Waals surface area contributed by atoms with Gasteiger partial charge in [-0.15, -0.1) is 0 Å². The van der Waals surface area contributed by atoms with Gasteiger partial charge >= 0.3 is 5.97 Å². The lowest BCUT2D eigenvalue weighted by Crippen LogP contribution is -2.11. The van der Waals surface area contributed by atoms with Crippen LogP contribution in [0.3, 0.4) is 0 Å². The SMILES string of the molecule is CC(=O)OS(c1ccccc1)(c1ccc(O)cc1)c1ccc(O)cc1. The number of carbonyl (C=O) groups is 1. The van der Waals surface area contributed by atoms with Crippen LogP contribution in [0.4, 0.5) is 0 Å². The smallest absolute Gasteiger partial charge is 0.313 e. The van der Waals surface area contributed by atoms with Gasteiger partial charge in [-0.3, -0.25) is 4.79 Å². The molecule has 25 heavy (non-hydrogen) atoms. The maximum Gasteiger partial charge on any atom is 0.313 e. The van der Waals surface area contributed by atoms with Crippen molar-refractivity contribution in [2.45, 2.75) is 21.6 Å². The quantitative estimate of drug-likeness (QED) is 0.702. The van der Waals surface area contributed by atoms with Crippen molar-refractivity contribution in [2.75, 3.05) is 0 Å². The van der Waals surface area contributed by atoms with E-state index in [1.807, 2.05) is 30.3 Å². The Kier molecular flexibility index (Phi) is 4.67. The first-order valence-electron chi connectivity index (χ1n) is 7.69. The third-order valence-corrected chi connectivity index (χ3v) is 6.95. The summed E-state index contributed by atoms with van der Waals surface area (Å²) in [6, 6.07) is 22.8. The molecular formula is C20H18O4S. The number of phenols is 2. The molecule has 0 fully saturated rings. The van der Waals surface area contributed by atoms with Gasteiger partial charge in [-0.25, -0.2) is 0 Å². The van der Waals surface area contributed by atoms with E-state index in [-0.39, 0.29) is 11.5 Å². The summed E-state index contributed by atoms with van der Waals surface area (Å²) >= 11 is 0. The minimum Gasteiger partial charge on any atom is -0.508 e. The summed E-state index contributed by atoms with van der Waals surface area (Å²) in [5.41, 5.74) is 0. The highest BCUT2D eigenvalue weighted by Gasteiger charge is 2.34. The van der Waals surface area contributed by atoms with E-state index in [4.69, 9.17) is 4.18 Å². The average Bonchev–Trinajstić information content (AvgIpc) is 2.62. The highest BCUT2D eigenvalue weighted by molar-refractivity contribution is 8.30. The first kappa shape index (κ1) is 16.9. The zero-order valence-corrected chi connectivity index (χ0v) is 14.4. The summed E-state index contributed by atoms with van der Waals surface area (Å²) in [6.07, 6.45) is 0. The normalized spacial score (nSPS) is 11.7. The van der Waals surface area contributed by atoms with Crippen LogP contribution in [0.15, 0.2) is 93.5 Å². The van der Waals surface area contributed by atoms with Gasteiger partial charge in [-0.2, -0.15) is 0 Å². The van der Waals surface area contributed by atoms with Gasteiger partial charge < -0.3 is 14.4 Å². The molecular weight excluding hydrogens is 336 g/mol. The zero-order chi connectivity index (χ0) is 17.9. The van der Waals surface area contributed by atoms with Crippen molar-refractivity contribution >= 4 is 16.3 Å². The summed E-state index contributed by atoms with van der Waals surface area (Å²) in [6.45, 7) is 1.38. The van der Waals surface area contributed by atoms with E-state index in [2.05, 4.69) is 0 Å². The van der Waals surface area contributed by atoms with Crippen molar-refractivity contribution in [1.29, 1.82) is 0 Å². The van der Waals surface area contributed by atoms with Crippen molar-refractivity contribution in [2.24, 2.45) is 0 Å². The van der Waals surface area contributed by atoms with E-state index < -0.39 is 16.3 Å². The number of benzene rings is 3. The Balaban J connectivity index is 2.32. The predicted molar refractivity (Wildman–Crippen MR) is 96.8 cm³/mol. The third-order valence-electron chi connectivity index (χ3n) is 3.65. The Morgan fingerprint density at radius 2 is 1.12 bits per heavy atom. The zero-order valence-electron chi connectivity index (χ0n) is 13.6. The molecule has 4 nitrogen and oxygen atoms in total. The van der Waals surface area contributed by atoms with E-state index in [1.54, 1.807) is 48.5 Å². The largest absolute Gasteiger partial charge is 0.508 e. The molecule has 0 aliphatic rings. The minimum absolute atomic E-state index is 0.138. The van der Waals surface area contributed by atoms with Crippen LogP contribution in [0.25, 0.3) is 0 Å². The van der Waals surface area contributed by atoms with E-state index in [1.165, 1.54) is 6.92 Å². The highest BCUT2D eigenvalue weighted by Crippen LogP contribution is 2.69. The van der Waals surface area contributed by atoms with E-state index in [0.29, 0.717) is 0 Å². The Bertz CT molecular complexity index is 813. The molecule has 0 atom stereocenters. The third kappa shape index (κ3) is 3.32. The Labute approximate surface area is 147 Å². The fourth-order valence-corrected chi connectivity index (χ4v) is 5.65. The number of carbonyl (C=O) groups excluding carboxylic acids is 1. The van der Waals surface area contributed by atoms with Crippen LogP contribution in [0.2, 0.25) is 0 Å². The second kappa shape index (κ2) is 6.91. The first-order valence-corrected chi connectivity index (χ1v) is 9.25. The van der Waals surface area contributed by atoms with Crippen molar-refractivity contribution in [3.05, 3.63) is 78.9 Å². The van der Waals surface area contributed by atoms with Crippen LogP contribution in [0.5, 0.6) is 11.5 Å². The molecule has 0 bridgehead atoms. The average molecular weight is 354 g/mol. The molecule has 0 amide bonds. The lowest BCUT2D eigenvalue weighted by atomic mass is 10.3. The molecule has 0 radical (unpaired) electrons. The molecule has 0 aromatic heterocycles. The van der Waals surface area contributed by atoms with Gasteiger partial charge in [0.1, 0.15) is 11.5 Å². The maximum absolute atomic E-state index is 12.0. The molecule has 0 saturated carbocycles. The number of rotatable bonds is 4. The molecule has 3 rings (SSSR count). The molecule has 0 unspecified atom stereocenters. The molecule has 0 aliphatic carbocycles. The van der Waals surface area contributed by atoms with Crippen molar-refractivity contribution in [1.82, 2.24) is 0 Å². The van der Waals surface area contributed by atoms with E-state index >= 15 is 0 Å². The van der Waals surface area contributed by atoms with Crippen molar-refractivity contribution in [3.8, 4) is 11.5 Å². The van der Waals surface area contributed by atoms with Gasteiger partial charge in [0.25, 0.3) is 0 Å². The monoisotopic (exact) mass is 354 g/mol.